The lowest BCUT2D eigenvalue weighted by molar-refractivity contribution is -0.120. The molecular formula is C29H35ClN4O3. The average Bonchev–Trinajstić information content (AvgIpc) is 3.26. The third-order valence-electron chi connectivity index (χ3n) is 7.23. The SMILES string of the molecule is CC(C)(C)CC(=O)Cc1nn(-c2ccc(CCN3C4CCC3COC4)cc2)c(=O)n1-c1cccc(Cl)c1. The molecule has 2 fully saturated rings. The standard InChI is InChI=1S/C29H35ClN4O3/c1-29(2,3)17-26(35)16-27-31-34(28(36)33(27)23-6-4-5-21(30)15-23)22-9-7-20(8-10-22)13-14-32-24-11-12-25(32)19-37-18-24/h4-10,15,24-25H,11-14,16-19H2,1-3H3. The van der Waals surface area contributed by atoms with Crippen molar-refractivity contribution in [3.8, 4) is 11.4 Å². The summed E-state index contributed by atoms with van der Waals surface area (Å²) in [6.45, 7) is 8.78. The first-order valence-corrected chi connectivity index (χ1v) is 13.5. The maximum Gasteiger partial charge on any atom is 0.355 e. The highest BCUT2D eigenvalue weighted by atomic mass is 35.5. The van der Waals surface area contributed by atoms with E-state index in [0.717, 1.165) is 26.2 Å². The van der Waals surface area contributed by atoms with Gasteiger partial charge in [0.25, 0.3) is 0 Å². The summed E-state index contributed by atoms with van der Waals surface area (Å²) >= 11 is 6.22. The first-order chi connectivity index (χ1) is 17.7. The van der Waals surface area contributed by atoms with Crippen LogP contribution < -0.4 is 5.69 Å². The van der Waals surface area contributed by atoms with Crippen molar-refractivity contribution in [1.29, 1.82) is 0 Å². The number of benzene rings is 2. The van der Waals surface area contributed by atoms with Crippen molar-refractivity contribution in [2.24, 2.45) is 5.41 Å². The molecule has 8 heteroatoms. The van der Waals surface area contributed by atoms with Gasteiger partial charge in [-0.25, -0.2) is 9.36 Å². The maximum atomic E-state index is 13.6. The number of Topliss-reactive ketones (excluding diaryl/α,β-unsaturated/α-hetero) is 1. The van der Waals surface area contributed by atoms with E-state index in [1.807, 2.05) is 32.9 Å². The van der Waals surface area contributed by atoms with Gasteiger partial charge < -0.3 is 4.74 Å². The van der Waals surface area contributed by atoms with Crippen LogP contribution in [0.25, 0.3) is 11.4 Å². The van der Waals surface area contributed by atoms with Crippen molar-refractivity contribution in [1.82, 2.24) is 19.2 Å². The zero-order chi connectivity index (χ0) is 26.2. The first kappa shape index (κ1) is 25.9. The largest absolute Gasteiger partial charge is 0.378 e. The maximum absolute atomic E-state index is 13.6. The molecule has 2 aliphatic rings. The second-order valence-corrected chi connectivity index (χ2v) is 11.9. The Balaban J connectivity index is 1.39. The smallest absolute Gasteiger partial charge is 0.355 e. The molecule has 0 radical (unpaired) electrons. The minimum atomic E-state index is -0.321. The minimum absolute atomic E-state index is 0.0420. The van der Waals surface area contributed by atoms with Crippen LogP contribution in [0.4, 0.5) is 0 Å². The van der Waals surface area contributed by atoms with Crippen LogP contribution >= 0.6 is 11.6 Å². The fourth-order valence-corrected chi connectivity index (χ4v) is 5.72. The molecule has 2 aromatic carbocycles. The number of carbonyl (C=O) groups is 1. The van der Waals surface area contributed by atoms with E-state index in [4.69, 9.17) is 16.3 Å². The Kier molecular flexibility index (Phi) is 7.39. The van der Waals surface area contributed by atoms with E-state index in [0.29, 0.717) is 40.7 Å². The molecule has 3 heterocycles. The van der Waals surface area contributed by atoms with E-state index in [1.165, 1.54) is 27.7 Å². The Morgan fingerprint density at radius 3 is 2.41 bits per heavy atom. The van der Waals surface area contributed by atoms with E-state index in [2.05, 4.69) is 22.1 Å². The van der Waals surface area contributed by atoms with Gasteiger partial charge in [0.15, 0.2) is 0 Å². The van der Waals surface area contributed by atoms with E-state index >= 15 is 0 Å². The van der Waals surface area contributed by atoms with Crippen molar-refractivity contribution in [2.45, 2.75) is 65.0 Å². The Morgan fingerprint density at radius 1 is 1.05 bits per heavy atom. The molecule has 2 atom stereocenters. The van der Waals surface area contributed by atoms with Gasteiger partial charge in [-0.3, -0.25) is 9.69 Å². The Morgan fingerprint density at radius 2 is 1.76 bits per heavy atom. The van der Waals surface area contributed by atoms with Gasteiger partial charge in [0.2, 0.25) is 0 Å². The summed E-state index contributed by atoms with van der Waals surface area (Å²) < 4.78 is 8.58. The molecule has 0 N–H and O–H groups in total. The van der Waals surface area contributed by atoms with Crippen molar-refractivity contribution in [3.63, 3.8) is 0 Å². The number of hydrogen-bond donors (Lipinski definition) is 0. The second kappa shape index (κ2) is 10.6. The fraction of sp³-hybridized carbons (Fsp3) is 0.483. The van der Waals surface area contributed by atoms with Crippen molar-refractivity contribution in [2.75, 3.05) is 19.8 Å². The molecule has 2 unspecified atom stereocenters. The lowest BCUT2D eigenvalue weighted by Gasteiger charge is -2.34. The minimum Gasteiger partial charge on any atom is -0.378 e. The second-order valence-electron chi connectivity index (χ2n) is 11.5. The predicted molar refractivity (Wildman–Crippen MR) is 145 cm³/mol. The lowest BCUT2D eigenvalue weighted by atomic mass is 9.89. The molecule has 0 amide bonds. The molecule has 2 saturated heterocycles. The van der Waals surface area contributed by atoms with Gasteiger partial charge >= 0.3 is 5.69 Å². The predicted octanol–water partition coefficient (Wildman–Crippen LogP) is 4.63. The summed E-state index contributed by atoms with van der Waals surface area (Å²) in [6.07, 6.45) is 3.88. The zero-order valence-corrected chi connectivity index (χ0v) is 22.6. The summed E-state index contributed by atoms with van der Waals surface area (Å²) in [4.78, 5) is 29.0. The van der Waals surface area contributed by atoms with Gasteiger partial charge in [0, 0.05) is 30.1 Å². The molecule has 7 nitrogen and oxygen atoms in total. The molecule has 1 aromatic heterocycles. The van der Waals surface area contributed by atoms with Crippen LogP contribution in [0.1, 0.15) is 51.4 Å². The van der Waals surface area contributed by atoms with Crippen LogP contribution in [0.5, 0.6) is 0 Å². The highest BCUT2D eigenvalue weighted by Gasteiger charge is 2.36. The van der Waals surface area contributed by atoms with E-state index in [-0.39, 0.29) is 23.3 Å². The van der Waals surface area contributed by atoms with Crippen molar-refractivity contribution >= 4 is 17.4 Å². The molecule has 0 spiro atoms. The molecule has 2 bridgehead atoms. The summed E-state index contributed by atoms with van der Waals surface area (Å²) in [5.41, 5.74) is 2.03. The summed E-state index contributed by atoms with van der Waals surface area (Å²) in [5, 5.41) is 5.13. The fourth-order valence-electron chi connectivity index (χ4n) is 5.54. The molecule has 3 aromatic rings. The van der Waals surface area contributed by atoms with Crippen LogP contribution in [0.2, 0.25) is 5.02 Å². The van der Waals surface area contributed by atoms with E-state index < -0.39 is 0 Å². The normalized spacial score (nSPS) is 19.9. The number of ketones is 1. The van der Waals surface area contributed by atoms with Gasteiger partial charge in [-0.05, 0) is 60.6 Å². The first-order valence-electron chi connectivity index (χ1n) is 13.1. The Labute approximate surface area is 223 Å². The van der Waals surface area contributed by atoms with Gasteiger partial charge in [0.1, 0.15) is 11.6 Å². The molecule has 2 aliphatic heterocycles. The summed E-state index contributed by atoms with van der Waals surface area (Å²) in [7, 11) is 0. The topological polar surface area (TPSA) is 69.4 Å². The third-order valence-corrected chi connectivity index (χ3v) is 7.46. The van der Waals surface area contributed by atoms with Crippen LogP contribution in [0, 0.1) is 5.41 Å². The summed E-state index contributed by atoms with van der Waals surface area (Å²) in [6, 6.07) is 16.1. The molecule has 37 heavy (non-hydrogen) atoms. The number of carbonyl (C=O) groups excluding carboxylic acids is 1. The number of halogens is 1. The Bertz CT molecular complexity index is 1310. The highest BCUT2D eigenvalue weighted by molar-refractivity contribution is 6.30. The van der Waals surface area contributed by atoms with Crippen molar-refractivity contribution < 1.29 is 9.53 Å². The van der Waals surface area contributed by atoms with Gasteiger partial charge in [0.05, 0.1) is 31.0 Å². The number of aromatic nitrogens is 3. The monoisotopic (exact) mass is 522 g/mol. The van der Waals surface area contributed by atoms with E-state index in [9.17, 15) is 9.59 Å². The van der Waals surface area contributed by atoms with Crippen LogP contribution in [0.3, 0.4) is 0 Å². The third kappa shape index (κ3) is 5.89. The lowest BCUT2D eigenvalue weighted by Crippen LogP contribution is -2.46. The number of fused-ring (bicyclic) bond motifs is 2. The quantitative estimate of drug-likeness (QED) is 0.431. The number of hydrogen-bond acceptors (Lipinski definition) is 5. The zero-order valence-electron chi connectivity index (χ0n) is 21.8. The summed E-state index contributed by atoms with van der Waals surface area (Å²) in [5.74, 6) is 0.453. The molecule has 0 aliphatic carbocycles. The van der Waals surface area contributed by atoms with Crippen LogP contribution in [-0.4, -0.2) is 56.9 Å². The number of rotatable bonds is 8. The Hall–Kier alpha value is -2.74. The van der Waals surface area contributed by atoms with E-state index in [1.54, 1.807) is 24.3 Å². The van der Waals surface area contributed by atoms with Gasteiger partial charge in [-0.1, -0.05) is 50.6 Å². The molecular weight excluding hydrogens is 488 g/mol. The van der Waals surface area contributed by atoms with Crippen LogP contribution in [0.15, 0.2) is 53.3 Å². The number of morpholine rings is 1. The highest BCUT2D eigenvalue weighted by Crippen LogP contribution is 2.29. The average molecular weight is 523 g/mol. The van der Waals surface area contributed by atoms with Crippen molar-refractivity contribution in [3.05, 3.63) is 75.4 Å². The molecule has 196 valence electrons. The van der Waals surface area contributed by atoms with Gasteiger partial charge in [-0.2, -0.15) is 4.68 Å². The number of ether oxygens (including phenoxy) is 1. The number of nitrogens with zero attached hydrogens (tertiary/aromatic N) is 4. The van der Waals surface area contributed by atoms with Gasteiger partial charge in [-0.15, -0.1) is 5.10 Å². The molecule has 0 saturated carbocycles. The van der Waals surface area contributed by atoms with Crippen LogP contribution in [-0.2, 0) is 22.4 Å². The molecule has 5 rings (SSSR count).